The quantitative estimate of drug-likeness (QED) is 0.687. The maximum absolute atomic E-state index is 8.77. The molecule has 1 saturated heterocycles. The van der Waals surface area contributed by atoms with Crippen LogP contribution in [0.2, 0.25) is 0 Å². The van der Waals surface area contributed by atoms with Gasteiger partial charge < -0.3 is 4.74 Å². The first-order valence-electron chi connectivity index (χ1n) is 5.38. The van der Waals surface area contributed by atoms with Gasteiger partial charge in [0.1, 0.15) is 0 Å². The third-order valence-corrected chi connectivity index (χ3v) is 3.26. The largest absolute Gasteiger partial charge is 0.361 e. The van der Waals surface area contributed by atoms with E-state index in [-0.39, 0.29) is 11.5 Å². The van der Waals surface area contributed by atoms with Gasteiger partial charge >= 0.3 is 0 Å². The Labute approximate surface area is 90.0 Å². The van der Waals surface area contributed by atoms with Gasteiger partial charge in [-0.1, -0.05) is 0 Å². The monoisotopic (exact) mass is 205 g/mol. The van der Waals surface area contributed by atoms with Gasteiger partial charge in [0.05, 0.1) is 18.7 Å². The van der Waals surface area contributed by atoms with E-state index in [1.807, 2.05) is 0 Å². The Morgan fingerprint density at radius 2 is 2.20 bits per heavy atom. The van der Waals surface area contributed by atoms with Crippen molar-refractivity contribution in [2.24, 2.45) is 5.41 Å². The average Bonchev–Trinajstić information content (AvgIpc) is 2.99. The van der Waals surface area contributed by atoms with Crippen molar-refractivity contribution in [3.63, 3.8) is 0 Å². The van der Waals surface area contributed by atoms with Gasteiger partial charge in [0.25, 0.3) is 0 Å². The minimum absolute atomic E-state index is 0.242. The van der Waals surface area contributed by atoms with Gasteiger partial charge in [-0.2, -0.15) is 10.5 Å². The lowest BCUT2D eigenvalue weighted by Crippen LogP contribution is -2.44. The average molecular weight is 205 g/mol. The Balaban J connectivity index is 1.85. The summed E-state index contributed by atoms with van der Waals surface area (Å²) in [5, 5.41) is 17.5. The summed E-state index contributed by atoms with van der Waals surface area (Å²) in [6.07, 6.45) is 2.70. The van der Waals surface area contributed by atoms with E-state index in [9.17, 15) is 0 Å². The van der Waals surface area contributed by atoms with E-state index in [1.165, 1.54) is 0 Å². The molecular formula is C11H15N3O. The van der Waals surface area contributed by atoms with Crippen LogP contribution in [0.1, 0.15) is 19.3 Å². The van der Waals surface area contributed by atoms with Crippen LogP contribution >= 0.6 is 0 Å². The van der Waals surface area contributed by atoms with E-state index in [2.05, 4.69) is 17.0 Å². The topological polar surface area (TPSA) is 60.1 Å². The van der Waals surface area contributed by atoms with Gasteiger partial charge in [-0.15, -0.1) is 0 Å². The van der Waals surface area contributed by atoms with E-state index in [0.29, 0.717) is 19.6 Å². The molecule has 1 unspecified atom stereocenters. The molecule has 0 amide bonds. The molecule has 0 aromatic rings. The van der Waals surface area contributed by atoms with Crippen molar-refractivity contribution in [2.75, 3.05) is 26.2 Å². The van der Waals surface area contributed by atoms with Gasteiger partial charge in [-0.05, 0) is 18.3 Å². The van der Waals surface area contributed by atoms with Crippen molar-refractivity contribution in [3.8, 4) is 12.1 Å². The Morgan fingerprint density at radius 1 is 1.40 bits per heavy atom. The van der Waals surface area contributed by atoms with Crippen LogP contribution in [0, 0.1) is 28.1 Å². The van der Waals surface area contributed by atoms with Crippen molar-refractivity contribution >= 4 is 0 Å². The van der Waals surface area contributed by atoms with Crippen molar-refractivity contribution in [2.45, 2.75) is 25.4 Å². The fourth-order valence-electron chi connectivity index (χ4n) is 2.13. The highest BCUT2D eigenvalue weighted by Gasteiger charge is 2.44. The summed E-state index contributed by atoms with van der Waals surface area (Å²) in [6, 6.07) is 4.41. The molecule has 1 saturated carbocycles. The highest BCUT2D eigenvalue weighted by molar-refractivity contribution is 5.02. The number of hydrogen-bond donors (Lipinski definition) is 0. The number of hydrogen-bond acceptors (Lipinski definition) is 4. The van der Waals surface area contributed by atoms with Gasteiger partial charge in [-0.25, -0.2) is 0 Å². The lowest BCUT2D eigenvalue weighted by Gasteiger charge is -2.32. The van der Waals surface area contributed by atoms with Gasteiger partial charge in [-0.3, -0.25) is 4.90 Å². The minimum Gasteiger partial charge on any atom is -0.361 e. The first-order valence-corrected chi connectivity index (χ1v) is 5.38. The number of nitrogens with zero attached hydrogens (tertiary/aromatic N) is 3. The van der Waals surface area contributed by atoms with E-state index >= 15 is 0 Å². The summed E-state index contributed by atoms with van der Waals surface area (Å²) in [5.74, 6) is 0. The van der Waals surface area contributed by atoms with Crippen molar-refractivity contribution in [1.29, 1.82) is 10.5 Å². The molecule has 0 N–H and O–H groups in total. The zero-order chi connectivity index (χ0) is 10.7. The van der Waals surface area contributed by atoms with Gasteiger partial charge in [0.15, 0.2) is 6.10 Å². The van der Waals surface area contributed by atoms with Crippen LogP contribution in [0.15, 0.2) is 0 Å². The lowest BCUT2D eigenvalue weighted by atomic mass is 10.0. The molecule has 1 atom stereocenters. The second kappa shape index (κ2) is 4.18. The Morgan fingerprint density at radius 3 is 2.80 bits per heavy atom. The predicted molar refractivity (Wildman–Crippen MR) is 53.7 cm³/mol. The smallest absolute Gasteiger partial charge is 0.156 e. The zero-order valence-corrected chi connectivity index (χ0v) is 8.78. The third kappa shape index (κ3) is 2.47. The van der Waals surface area contributed by atoms with Gasteiger partial charge in [0, 0.05) is 26.1 Å². The first kappa shape index (κ1) is 10.4. The highest BCUT2D eigenvalue weighted by atomic mass is 16.5. The van der Waals surface area contributed by atoms with Crippen LogP contribution in [-0.2, 0) is 4.74 Å². The highest BCUT2D eigenvalue weighted by Crippen LogP contribution is 2.49. The Kier molecular flexibility index (Phi) is 2.90. The van der Waals surface area contributed by atoms with E-state index in [4.69, 9.17) is 15.3 Å². The first-order chi connectivity index (χ1) is 7.28. The SMILES string of the molecule is N#CCC1(CN2CCOC(C#N)C2)CC1. The van der Waals surface area contributed by atoms with Crippen LogP contribution in [0.3, 0.4) is 0 Å². The normalized spacial score (nSPS) is 29.1. The number of rotatable bonds is 3. The van der Waals surface area contributed by atoms with E-state index < -0.39 is 0 Å². The molecule has 1 aliphatic heterocycles. The summed E-state index contributed by atoms with van der Waals surface area (Å²) in [6.45, 7) is 3.19. The van der Waals surface area contributed by atoms with Crippen molar-refractivity contribution in [1.82, 2.24) is 4.90 Å². The molecule has 4 nitrogen and oxygen atoms in total. The van der Waals surface area contributed by atoms with Gasteiger partial charge in [0.2, 0.25) is 0 Å². The van der Waals surface area contributed by atoms with E-state index in [1.54, 1.807) is 0 Å². The second-order valence-corrected chi connectivity index (χ2v) is 4.56. The summed E-state index contributed by atoms with van der Waals surface area (Å²) >= 11 is 0. The summed E-state index contributed by atoms with van der Waals surface area (Å²) < 4.78 is 5.28. The molecule has 0 bridgehead atoms. The van der Waals surface area contributed by atoms with Crippen LogP contribution in [-0.4, -0.2) is 37.2 Å². The molecule has 1 aliphatic carbocycles. The second-order valence-electron chi connectivity index (χ2n) is 4.56. The molecule has 80 valence electrons. The summed E-state index contributed by atoms with van der Waals surface area (Å²) in [7, 11) is 0. The minimum atomic E-state index is -0.281. The molecule has 15 heavy (non-hydrogen) atoms. The Hall–Kier alpha value is -1.10. The van der Waals surface area contributed by atoms with Crippen LogP contribution < -0.4 is 0 Å². The van der Waals surface area contributed by atoms with E-state index in [0.717, 1.165) is 25.9 Å². The standard InChI is InChI=1S/C11H15N3O/c12-4-3-11(1-2-11)9-14-5-6-15-10(7-13)8-14/h10H,1-3,5-6,8-9H2. The summed E-state index contributed by atoms with van der Waals surface area (Å²) in [5.41, 5.74) is 0.242. The third-order valence-electron chi connectivity index (χ3n) is 3.26. The Bertz CT molecular complexity index is 311. The predicted octanol–water partition coefficient (Wildman–Crippen LogP) is 0.905. The molecule has 0 spiro atoms. The summed E-state index contributed by atoms with van der Waals surface area (Å²) in [4.78, 5) is 2.27. The number of ether oxygens (including phenoxy) is 1. The molecule has 2 aliphatic rings. The zero-order valence-electron chi connectivity index (χ0n) is 8.78. The number of morpholine rings is 1. The molecule has 1 heterocycles. The lowest BCUT2D eigenvalue weighted by molar-refractivity contribution is -0.00653. The van der Waals surface area contributed by atoms with Crippen LogP contribution in [0.5, 0.6) is 0 Å². The van der Waals surface area contributed by atoms with Crippen molar-refractivity contribution in [3.05, 3.63) is 0 Å². The molecule has 2 fully saturated rings. The molecule has 0 aromatic heterocycles. The molecule has 0 radical (unpaired) electrons. The molecule has 0 aromatic carbocycles. The molecule has 4 heteroatoms. The fourth-order valence-corrected chi connectivity index (χ4v) is 2.13. The molecule has 2 rings (SSSR count). The number of nitriles is 2. The van der Waals surface area contributed by atoms with Crippen LogP contribution in [0.4, 0.5) is 0 Å². The fraction of sp³-hybridized carbons (Fsp3) is 0.818. The molecular weight excluding hydrogens is 190 g/mol. The van der Waals surface area contributed by atoms with Crippen LogP contribution in [0.25, 0.3) is 0 Å². The maximum atomic E-state index is 8.77. The maximum Gasteiger partial charge on any atom is 0.156 e. The van der Waals surface area contributed by atoms with Crippen molar-refractivity contribution < 1.29 is 4.74 Å².